The molecular formula is C14H18Cl2N2O3. The molecule has 0 saturated heterocycles. The molecule has 0 saturated carbocycles. The van der Waals surface area contributed by atoms with Crippen LogP contribution in [0, 0.1) is 0 Å². The predicted molar refractivity (Wildman–Crippen MR) is 84.1 cm³/mol. The fourth-order valence-electron chi connectivity index (χ4n) is 1.75. The number of carboxylic acids is 1. The van der Waals surface area contributed by atoms with Crippen LogP contribution in [-0.2, 0) is 9.59 Å². The summed E-state index contributed by atoms with van der Waals surface area (Å²) in [6.07, 6.45) is 0.325. The van der Waals surface area contributed by atoms with E-state index in [1.54, 1.807) is 18.2 Å². The van der Waals surface area contributed by atoms with Gasteiger partial charge in [0.05, 0.1) is 17.1 Å². The van der Waals surface area contributed by atoms with Crippen molar-refractivity contribution in [1.29, 1.82) is 0 Å². The predicted octanol–water partition coefficient (Wildman–Crippen LogP) is 3.12. The molecule has 0 bridgehead atoms. The molecule has 1 aromatic carbocycles. The Kier molecular flexibility index (Phi) is 7.50. The first-order valence-corrected chi connectivity index (χ1v) is 7.37. The number of rotatable bonds is 8. The number of aliphatic carboxylic acids is 1. The molecule has 0 radical (unpaired) electrons. The highest BCUT2D eigenvalue weighted by atomic mass is 35.5. The Morgan fingerprint density at radius 1 is 1.24 bits per heavy atom. The molecule has 0 fully saturated rings. The smallest absolute Gasteiger partial charge is 0.304 e. The fraction of sp³-hybridized carbons (Fsp3) is 0.429. The normalized spacial score (nSPS) is 10.7. The molecule has 1 aromatic rings. The van der Waals surface area contributed by atoms with Crippen LogP contribution in [0.2, 0.25) is 10.0 Å². The van der Waals surface area contributed by atoms with Crippen LogP contribution in [0.5, 0.6) is 0 Å². The van der Waals surface area contributed by atoms with Gasteiger partial charge in [-0.3, -0.25) is 9.59 Å². The number of carbonyl (C=O) groups is 2. The zero-order valence-electron chi connectivity index (χ0n) is 11.7. The lowest BCUT2D eigenvalue weighted by Gasteiger charge is -2.19. The van der Waals surface area contributed by atoms with Crippen LogP contribution in [0.15, 0.2) is 18.2 Å². The first-order valence-electron chi connectivity index (χ1n) is 6.61. The molecule has 0 aliphatic rings. The molecule has 7 heteroatoms. The molecule has 0 spiro atoms. The molecule has 0 heterocycles. The number of halogens is 2. The molecule has 5 nitrogen and oxygen atoms in total. The summed E-state index contributed by atoms with van der Waals surface area (Å²) in [6, 6.07) is 4.85. The molecule has 21 heavy (non-hydrogen) atoms. The van der Waals surface area contributed by atoms with Crippen LogP contribution in [-0.4, -0.2) is 41.5 Å². The summed E-state index contributed by atoms with van der Waals surface area (Å²) in [5.74, 6) is -1.03. The van der Waals surface area contributed by atoms with E-state index in [0.29, 0.717) is 35.4 Å². The quantitative estimate of drug-likeness (QED) is 0.767. The molecule has 0 atom stereocenters. The topological polar surface area (TPSA) is 69.6 Å². The molecular weight excluding hydrogens is 315 g/mol. The number of hydrogen-bond acceptors (Lipinski definition) is 3. The molecule has 116 valence electrons. The van der Waals surface area contributed by atoms with Crippen molar-refractivity contribution in [1.82, 2.24) is 4.90 Å². The number of anilines is 1. The van der Waals surface area contributed by atoms with Gasteiger partial charge < -0.3 is 15.3 Å². The molecule has 0 aliphatic heterocycles. The van der Waals surface area contributed by atoms with Crippen LogP contribution in [0.1, 0.15) is 19.8 Å². The summed E-state index contributed by atoms with van der Waals surface area (Å²) in [5.41, 5.74) is 0.475. The molecule has 0 aromatic heterocycles. The van der Waals surface area contributed by atoms with Crippen LogP contribution < -0.4 is 5.32 Å². The van der Waals surface area contributed by atoms with Gasteiger partial charge in [-0.05, 0) is 24.7 Å². The SMILES string of the molecule is CCN(CCC(=O)O)CCC(=O)Nc1cc(Cl)ccc1Cl. The van der Waals surface area contributed by atoms with Gasteiger partial charge >= 0.3 is 5.97 Å². The largest absolute Gasteiger partial charge is 0.481 e. The highest BCUT2D eigenvalue weighted by Gasteiger charge is 2.10. The molecule has 0 aliphatic carbocycles. The number of carboxylic acid groups (broad SMARTS) is 1. The van der Waals surface area contributed by atoms with Crippen molar-refractivity contribution < 1.29 is 14.7 Å². The average Bonchev–Trinajstić information content (AvgIpc) is 2.43. The lowest BCUT2D eigenvalue weighted by atomic mass is 10.3. The van der Waals surface area contributed by atoms with E-state index < -0.39 is 5.97 Å². The number of benzene rings is 1. The number of carbonyl (C=O) groups excluding carboxylic acids is 1. The minimum Gasteiger partial charge on any atom is -0.481 e. The van der Waals surface area contributed by atoms with Crippen molar-refractivity contribution in [3.8, 4) is 0 Å². The van der Waals surface area contributed by atoms with E-state index in [9.17, 15) is 9.59 Å². The van der Waals surface area contributed by atoms with E-state index in [-0.39, 0.29) is 18.7 Å². The van der Waals surface area contributed by atoms with Gasteiger partial charge in [0.25, 0.3) is 0 Å². The van der Waals surface area contributed by atoms with Gasteiger partial charge in [-0.2, -0.15) is 0 Å². The van der Waals surface area contributed by atoms with Gasteiger partial charge in [-0.25, -0.2) is 0 Å². The van der Waals surface area contributed by atoms with Gasteiger partial charge in [0.15, 0.2) is 0 Å². The van der Waals surface area contributed by atoms with E-state index >= 15 is 0 Å². The number of amides is 1. The van der Waals surface area contributed by atoms with Crippen molar-refractivity contribution >= 4 is 40.8 Å². The highest BCUT2D eigenvalue weighted by Crippen LogP contribution is 2.25. The Morgan fingerprint density at radius 2 is 1.90 bits per heavy atom. The summed E-state index contributed by atoms with van der Waals surface area (Å²) in [6.45, 7) is 3.54. The lowest BCUT2D eigenvalue weighted by molar-refractivity contribution is -0.137. The Labute approximate surface area is 133 Å². The number of nitrogens with one attached hydrogen (secondary N) is 1. The van der Waals surface area contributed by atoms with Crippen LogP contribution in [0.4, 0.5) is 5.69 Å². The van der Waals surface area contributed by atoms with Gasteiger partial charge in [0, 0.05) is 24.5 Å². The van der Waals surface area contributed by atoms with E-state index in [0.717, 1.165) is 0 Å². The number of nitrogens with zero attached hydrogens (tertiary/aromatic N) is 1. The van der Waals surface area contributed by atoms with Gasteiger partial charge in [0.1, 0.15) is 0 Å². The van der Waals surface area contributed by atoms with Gasteiger partial charge in [-0.1, -0.05) is 30.1 Å². The first-order chi connectivity index (χ1) is 9.92. The van der Waals surface area contributed by atoms with E-state index in [1.807, 2.05) is 11.8 Å². The van der Waals surface area contributed by atoms with Crippen molar-refractivity contribution in [2.75, 3.05) is 25.0 Å². The Morgan fingerprint density at radius 3 is 2.52 bits per heavy atom. The maximum atomic E-state index is 11.9. The molecule has 0 unspecified atom stereocenters. The number of hydrogen-bond donors (Lipinski definition) is 2. The second-order valence-corrected chi connectivity index (χ2v) is 5.34. The Hall–Kier alpha value is -1.30. The van der Waals surface area contributed by atoms with Crippen molar-refractivity contribution in [3.05, 3.63) is 28.2 Å². The van der Waals surface area contributed by atoms with Gasteiger partial charge in [-0.15, -0.1) is 0 Å². The van der Waals surface area contributed by atoms with Crippen LogP contribution >= 0.6 is 23.2 Å². The zero-order chi connectivity index (χ0) is 15.8. The van der Waals surface area contributed by atoms with Crippen molar-refractivity contribution in [2.45, 2.75) is 19.8 Å². The molecule has 2 N–H and O–H groups in total. The van der Waals surface area contributed by atoms with Crippen molar-refractivity contribution in [3.63, 3.8) is 0 Å². The summed E-state index contributed by atoms with van der Waals surface area (Å²) < 4.78 is 0. The second kappa shape index (κ2) is 8.87. The summed E-state index contributed by atoms with van der Waals surface area (Å²) in [7, 11) is 0. The maximum absolute atomic E-state index is 11.9. The monoisotopic (exact) mass is 332 g/mol. The highest BCUT2D eigenvalue weighted by molar-refractivity contribution is 6.35. The maximum Gasteiger partial charge on any atom is 0.304 e. The van der Waals surface area contributed by atoms with E-state index in [1.165, 1.54) is 0 Å². The standard InChI is InChI=1S/C14H18Cl2N2O3/c1-2-18(8-6-14(20)21)7-5-13(19)17-12-9-10(15)3-4-11(12)16/h3-4,9H,2,5-8H2,1H3,(H,17,19)(H,20,21). The third-order valence-electron chi connectivity index (χ3n) is 2.95. The average molecular weight is 333 g/mol. The minimum atomic E-state index is -0.844. The zero-order valence-corrected chi connectivity index (χ0v) is 13.2. The third kappa shape index (κ3) is 6.80. The third-order valence-corrected chi connectivity index (χ3v) is 3.51. The van der Waals surface area contributed by atoms with Crippen LogP contribution in [0.25, 0.3) is 0 Å². The minimum absolute atomic E-state index is 0.0651. The fourth-order valence-corrected chi connectivity index (χ4v) is 2.08. The molecule has 1 rings (SSSR count). The summed E-state index contributed by atoms with van der Waals surface area (Å²) in [5, 5.41) is 12.3. The van der Waals surface area contributed by atoms with Crippen molar-refractivity contribution in [2.24, 2.45) is 0 Å². The van der Waals surface area contributed by atoms with E-state index in [4.69, 9.17) is 28.3 Å². The Balaban J connectivity index is 2.45. The van der Waals surface area contributed by atoms with E-state index in [2.05, 4.69) is 5.32 Å². The van der Waals surface area contributed by atoms with Gasteiger partial charge in [0.2, 0.25) is 5.91 Å². The summed E-state index contributed by atoms with van der Waals surface area (Å²) >= 11 is 11.8. The van der Waals surface area contributed by atoms with Crippen LogP contribution in [0.3, 0.4) is 0 Å². The summed E-state index contributed by atoms with van der Waals surface area (Å²) in [4.78, 5) is 24.3. The first kappa shape index (κ1) is 17.8. The Bertz CT molecular complexity index is 509. The second-order valence-electron chi connectivity index (χ2n) is 4.50. The lowest BCUT2D eigenvalue weighted by Crippen LogP contribution is -2.29. The molecule has 1 amide bonds.